The van der Waals surface area contributed by atoms with Crippen molar-refractivity contribution in [3.05, 3.63) is 41.2 Å². The summed E-state index contributed by atoms with van der Waals surface area (Å²) in [7, 11) is -3.75. The summed E-state index contributed by atoms with van der Waals surface area (Å²) in [5.41, 5.74) is 1.06. The van der Waals surface area contributed by atoms with Crippen LogP contribution in [0.5, 0.6) is 0 Å². The molecule has 9 heteroatoms. The Morgan fingerprint density at radius 1 is 1.38 bits per heavy atom. The fourth-order valence-corrected chi connectivity index (χ4v) is 4.81. The van der Waals surface area contributed by atoms with Crippen LogP contribution in [0.2, 0.25) is 0 Å². The van der Waals surface area contributed by atoms with Gasteiger partial charge in [-0.2, -0.15) is 0 Å². The second kappa shape index (κ2) is 8.24. The normalized spacial score (nSPS) is 17.8. The van der Waals surface area contributed by atoms with Crippen molar-refractivity contribution < 1.29 is 22.3 Å². The Hall–Kier alpha value is -1.84. The van der Waals surface area contributed by atoms with Gasteiger partial charge in [0.05, 0.1) is 24.0 Å². The lowest BCUT2D eigenvalue weighted by molar-refractivity contribution is -0.118. The first-order chi connectivity index (χ1) is 12.4. The molecule has 0 bridgehead atoms. The highest BCUT2D eigenvalue weighted by atomic mass is 32.2. The molecule has 1 amide bonds. The lowest BCUT2D eigenvalue weighted by Gasteiger charge is -2.22. The number of rotatable bonds is 6. The van der Waals surface area contributed by atoms with Crippen LogP contribution in [0.4, 0.5) is 4.39 Å². The molecule has 0 aliphatic carbocycles. The Balaban J connectivity index is 1.58. The Morgan fingerprint density at radius 3 is 2.96 bits per heavy atom. The predicted molar refractivity (Wildman–Crippen MR) is 96.7 cm³/mol. The number of nitrogens with one attached hydrogen (secondary N) is 1. The summed E-state index contributed by atoms with van der Waals surface area (Å²) >= 11 is 1.27. The standard InChI is InChI=1S/C17H19FN2O4S2/c18-13-5-3-4-12(8-13)17-19-14(10-25-17)9-16(21)20-26(22,23)11-15-6-1-2-7-24-15/h3-5,8,10,15H,1-2,6-7,9,11H2,(H,20,21)/t15-/m0/s1. The number of benzene rings is 1. The minimum atomic E-state index is -3.75. The van der Waals surface area contributed by atoms with Crippen LogP contribution < -0.4 is 4.72 Å². The predicted octanol–water partition coefficient (Wildman–Crippen LogP) is 2.51. The first-order valence-corrected chi connectivity index (χ1v) is 10.8. The van der Waals surface area contributed by atoms with Crippen molar-refractivity contribution in [1.29, 1.82) is 0 Å². The van der Waals surface area contributed by atoms with E-state index in [1.165, 1.54) is 23.5 Å². The molecule has 0 unspecified atom stereocenters. The third-order valence-corrected chi connectivity index (χ3v) is 6.20. The monoisotopic (exact) mass is 398 g/mol. The van der Waals surface area contributed by atoms with E-state index in [0.29, 0.717) is 29.3 Å². The fourth-order valence-electron chi connectivity index (χ4n) is 2.74. The molecule has 140 valence electrons. The van der Waals surface area contributed by atoms with Crippen molar-refractivity contribution >= 4 is 27.3 Å². The molecule has 0 spiro atoms. The first kappa shape index (κ1) is 18.9. The molecule has 0 radical (unpaired) electrons. The minimum Gasteiger partial charge on any atom is -0.377 e. The number of aromatic nitrogens is 1. The summed E-state index contributed by atoms with van der Waals surface area (Å²) < 4.78 is 44.9. The Bertz CT molecular complexity index is 876. The number of carbonyl (C=O) groups is 1. The molecule has 26 heavy (non-hydrogen) atoms. The van der Waals surface area contributed by atoms with E-state index in [2.05, 4.69) is 9.71 Å². The molecule has 2 heterocycles. The fraction of sp³-hybridized carbons (Fsp3) is 0.412. The Kier molecular flexibility index (Phi) is 6.00. The molecule has 2 aromatic rings. The van der Waals surface area contributed by atoms with Gasteiger partial charge in [-0.1, -0.05) is 12.1 Å². The summed E-state index contributed by atoms with van der Waals surface area (Å²) in [6, 6.07) is 6.00. The van der Waals surface area contributed by atoms with Crippen LogP contribution in [0.15, 0.2) is 29.6 Å². The highest BCUT2D eigenvalue weighted by molar-refractivity contribution is 7.90. The van der Waals surface area contributed by atoms with Crippen LogP contribution >= 0.6 is 11.3 Å². The third kappa shape index (κ3) is 5.33. The van der Waals surface area contributed by atoms with Gasteiger partial charge in [0, 0.05) is 17.6 Å². The van der Waals surface area contributed by atoms with Gasteiger partial charge in [0.25, 0.3) is 0 Å². The number of halogens is 1. The number of hydrogen-bond acceptors (Lipinski definition) is 6. The van der Waals surface area contributed by atoms with Crippen LogP contribution in [0.1, 0.15) is 25.0 Å². The van der Waals surface area contributed by atoms with Crippen LogP contribution in [0.3, 0.4) is 0 Å². The van der Waals surface area contributed by atoms with Gasteiger partial charge < -0.3 is 4.74 Å². The maximum absolute atomic E-state index is 13.3. The zero-order chi connectivity index (χ0) is 18.6. The number of sulfonamides is 1. The molecular formula is C17H19FN2O4S2. The van der Waals surface area contributed by atoms with E-state index < -0.39 is 15.9 Å². The Labute approximate surface area is 155 Å². The summed E-state index contributed by atoms with van der Waals surface area (Å²) in [6.45, 7) is 0.551. The SMILES string of the molecule is O=C(Cc1csc(-c2cccc(F)c2)n1)NS(=O)(=O)C[C@@H]1CCCCO1. The molecule has 1 atom stereocenters. The van der Waals surface area contributed by atoms with Gasteiger partial charge in [-0.3, -0.25) is 9.52 Å². The molecule has 1 aliphatic rings. The number of nitrogens with zero attached hydrogens (tertiary/aromatic N) is 1. The van der Waals surface area contributed by atoms with Crippen LogP contribution in [0, 0.1) is 5.82 Å². The van der Waals surface area contributed by atoms with Gasteiger partial charge in [0.15, 0.2) is 0 Å². The van der Waals surface area contributed by atoms with Crippen LogP contribution in [-0.4, -0.2) is 37.8 Å². The largest absolute Gasteiger partial charge is 0.377 e. The second-order valence-corrected chi connectivity index (χ2v) is 8.75. The average molecular weight is 398 g/mol. The molecule has 1 aliphatic heterocycles. The molecule has 6 nitrogen and oxygen atoms in total. The van der Waals surface area contributed by atoms with E-state index in [-0.39, 0.29) is 24.1 Å². The molecule has 1 fully saturated rings. The van der Waals surface area contributed by atoms with Crippen molar-refractivity contribution in [1.82, 2.24) is 9.71 Å². The van der Waals surface area contributed by atoms with Crippen molar-refractivity contribution in [2.45, 2.75) is 31.8 Å². The average Bonchev–Trinajstić information content (AvgIpc) is 3.03. The number of carbonyl (C=O) groups excluding carboxylic acids is 1. The zero-order valence-electron chi connectivity index (χ0n) is 14.0. The summed E-state index contributed by atoms with van der Waals surface area (Å²) in [5.74, 6) is -1.23. The Morgan fingerprint density at radius 2 is 2.23 bits per heavy atom. The minimum absolute atomic E-state index is 0.156. The molecular weight excluding hydrogens is 379 g/mol. The number of ether oxygens (including phenoxy) is 1. The molecule has 3 rings (SSSR count). The second-order valence-electron chi connectivity index (χ2n) is 6.13. The van der Waals surface area contributed by atoms with Crippen molar-refractivity contribution in [2.75, 3.05) is 12.4 Å². The van der Waals surface area contributed by atoms with E-state index in [1.807, 2.05) is 0 Å². The van der Waals surface area contributed by atoms with Gasteiger partial charge in [0.1, 0.15) is 10.8 Å². The lowest BCUT2D eigenvalue weighted by Crippen LogP contribution is -2.38. The smallest absolute Gasteiger partial charge is 0.239 e. The van der Waals surface area contributed by atoms with E-state index in [9.17, 15) is 17.6 Å². The van der Waals surface area contributed by atoms with Crippen molar-refractivity contribution in [3.8, 4) is 10.6 Å². The zero-order valence-corrected chi connectivity index (χ0v) is 15.6. The molecule has 1 aromatic heterocycles. The first-order valence-electron chi connectivity index (χ1n) is 8.26. The lowest BCUT2D eigenvalue weighted by atomic mass is 10.1. The topological polar surface area (TPSA) is 85.4 Å². The van der Waals surface area contributed by atoms with Gasteiger partial charge >= 0.3 is 0 Å². The summed E-state index contributed by atoms with van der Waals surface area (Å²) in [5, 5.41) is 2.24. The van der Waals surface area contributed by atoms with Crippen LogP contribution in [-0.2, 0) is 26.0 Å². The van der Waals surface area contributed by atoms with E-state index in [4.69, 9.17) is 4.74 Å². The van der Waals surface area contributed by atoms with Gasteiger partial charge in [0.2, 0.25) is 15.9 Å². The van der Waals surface area contributed by atoms with Crippen molar-refractivity contribution in [2.24, 2.45) is 0 Å². The quantitative estimate of drug-likeness (QED) is 0.808. The highest BCUT2D eigenvalue weighted by Gasteiger charge is 2.24. The van der Waals surface area contributed by atoms with E-state index >= 15 is 0 Å². The maximum atomic E-state index is 13.3. The number of amides is 1. The molecule has 1 saturated heterocycles. The number of thiazole rings is 1. The summed E-state index contributed by atoms with van der Waals surface area (Å²) in [6.07, 6.45) is 2.01. The molecule has 1 aromatic carbocycles. The van der Waals surface area contributed by atoms with Gasteiger partial charge in [-0.25, -0.2) is 17.8 Å². The van der Waals surface area contributed by atoms with E-state index in [1.54, 1.807) is 17.5 Å². The number of hydrogen-bond donors (Lipinski definition) is 1. The van der Waals surface area contributed by atoms with Crippen molar-refractivity contribution in [3.63, 3.8) is 0 Å². The molecule has 1 N–H and O–H groups in total. The molecule has 0 saturated carbocycles. The third-order valence-electron chi connectivity index (χ3n) is 3.91. The van der Waals surface area contributed by atoms with Crippen LogP contribution in [0.25, 0.3) is 10.6 Å². The van der Waals surface area contributed by atoms with E-state index in [0.717, 1.165) is 12.8 Å². The summed E-state index contributed by atoms with van der Waals surface area (Å²) in [4.78, 5) is 16.3. The van der Waals surface area contributed by atoms with Gasteiger partial charge in [-0.05, 0) is 31.4 Å². The maximum Gasteiger partial charge on any atom is 0.239 e. The highest BCUT2D eigenvalue weighted by Crippen LogP contribution is 2.24. The van der Waals surface area contributed by atoms with Gasteiger partial charge in [-0.15, -0.1) is 11.3 Å².